The Morgan fingerprint density at radius 1 is 1.21 bits per heavy atom. The Kier molecular flexibility index (Phi) is 8.68. The number of sulfonamides is 1. The maximum absolute atomic E-state index is 14.4. The zero-order valence-corrected chi connectivity index (χ0v) is 21.3. The predicted molar refractivity (Wildman–Crippen MR) is 132 cm³/mol. The summed E-state index contributed by atoms with van der Waals surface area (Å²) in [5.74, 6) is 0.137. The Labute approximate surface area is 202 Å². The molecule has 0 spiro atoms. The van der Waals surface area contributed by atoms with Gasteiger partial charge in [0.15, 0.2) is 0 Å². The number of ketones is 1. The number of hydrogen-bond donors (Lipinski definition) is 1. The third-order valence-corrected chi connectivity index (χ3v) is 7.23. The van der Waals surface area contributed by atoms with Crippen molar-refractivity contribution < 1.29 is 22.3 Å². The molecule has 6 nitrogen and oxygen atoms in total. The number of aryl methyl sites for hydroxylation is 2. The van der Waals surface area contributed by atoms with Gasteiger partial charge in [0.2, 0.25) is 15.9 Å². The Hall–Kier alpha value is -2.48. The summed E-state index contributed by atoms with van der Waals surface area (Å²) in [7, 11) is -3.59. The smallest absolute Gasteiger partial charge is 0.229 e. The Bertz CT molecular complexity index is 1110. The van der Waals surface area contributed by atoms with Crippen LogP contribution in [0.2, 0.25) is 0 Å². The van der Waals surface area contributed by atoms with Gasteiger partial charge in [0.25, 0.3) is 0 Å². The average Bonchev–Trinajstić information content (AvgIpc) is 2.79. The molecule has 1 aromatic heterocycles. The van der Waals surface area contributed by atoms with Gasteiger partial charge in [-0.2, -0.15) is 0 Å². The number of nitrogens with one attached hydrogen (secondary N) is 1. The van der Waals surface area contributed by atoms with E-state index in [1.54, 1.807) is 13.0 Å². The lowest BCUT2D eigenvalue weighted by molar-refractivity contribution is -0.120. The predicted octanol–water partition coefficient (Wildman–Crippen LogP) is 5.55. The first-order valence-corrected chi connectivity index (χ1v) is 13.9. The number of carbonyl (C=O) groups is 1. The van der Waals surface area contributed by atoms with E-state index in [0.717, 1.165) is 36.3 Å². The fourth-order valence-electron chi connectivity index (χ4n) is 4.41. The lowest BCUT2D eigenvalue weighted by Gasteiger charge is -2.28. The number of hydrogen-bond acceptors (Lipinski definition) is 5. The molecule has 0 aliphatic heterocycles. The molecule has 1 fully saturated rings. The molecular formula is C26H35FN2O4S. The number of Topliss-reactive ketones (excluding diaryl/α,β-unsaturated/α-hetero) is 1. The van der Waals surface area contributed by atoms with Gasteiger partial charge in [0.05, 0.1) is 11.9 Å². The molecule has 2 aromatic rings. The number of benzene rings is 1. The summed E-state index contributed by atoms with van der Waals surface area (Å²) in [6.45, 7) is 5.89. The van der Waals surface area contributed by atoms with E-state index in [0.29, 0.717) is 17.9 Å². The first-order valence-electron chi connectivity index (χ1n) is 12.0. The highest BCUT2D eigenvalue weighted by atomic mass is 32.2. The molecule has 34 heavy (non-hydrogen) atoms. The summed E-state index contributed by atoms with van der Waals surface area (Å²) in [5, 5.41) is 0. The molecule has 1 heterocycles. The molecular weight excluding hydrogens is 455 g/mol. The maximum atomic E-state index is 14.4. The number of nitrogens with zero attached hydrogens (tertiary/aromatic N) is 1. The molecule has 1 N–H and O–H groups in total. The van der Waals surface area contributed by atoms with Crippen molar-refractivity contribution in [1.29, 1.82) is 0 Å². The molecule has 1 unspecified atom stereocenters. The third kappa shape index (κ3) is 7.26. The van der Waals surface area contributed by atoms with Gasteiger partial charge in [-0.3, -0.25) is 9.52 Å². The SMILES string of the molecule is CCC1CCC(Oc2nc(C)ccc2CCC(=O)C(C)c2ccc(NS(C)(=O)=O)c(F)c2)CC1. The molecule has 0 radical (unpaired) electrons. The van der Waals surface area contributed by atoms with Crippen LogP contribution in [-0.2, 0) is 21.2 Å². The minimum absolute atomic E-state index is 0.0294. The number of rotatable bonds is 10. The van der Waals surface area contributed by atoms with Gasteiger partial charge in [0.1, 0.15) is 17.7 Å². The molecule has 186 valence electrons. The second-order valence-electron chi connectivity index (χ2n) is 9.39. The zero-order chi connectivity index (χ0) is 24.9. The fraction of sp³-hybridized carbons (Fsp3) is 0.538. The summed E-state index contributed by atoms with van der Waals surface area (Å²) in [6, 6.07) is 8.03. The first-order chi connectivity index (χ1) is 16.1. The highest BCUT2D eigenvalue weighted by Crippen LogP contribution is 2.31. The van der Waals surface area contributed by atoms with Crippen molar-refractivity contribution in [3.8, 4) is 5.88 Å². The number of pyridine rings is 1. The van der Waals surface area contributed by atoms with E-state index in [1.165, 1.54) is 31.4 Å². The maximum Gasteiger partial charge on any atom is 0.229 e. The van der Waals surface area contributed by atoms with E-state index < -0.39 is 21.8 Å². The minimum Gasteiger partial charge on any atom is -0.474 e. The van der Waals surface area contributed by atoms with Crippen LogP contribution in [0.4, 0.5) is 10.1 Å². The van der Waals surface area contributed by atoms with Gasteiger partial charge in [-0.15, -0.1) is 0 Å². The van der Waals surface area contributed by atoms with Crippen LogP contribution < -0.4 is 9.46 Å². The number of ether oxygens (including phenoxy) is 1. The monoisotopic (exact) mass is 490 g/mol. The zero-order valence-electron chi connectivity index (χ0n) is 20.4. The highest BCUT2D eigenvalue weighted by molar-refractivity contribution is 7.92. The van der Waals surface area contributed by atoms with E-state index in [2.05, 4.69) is 16.6 Å². The van der Waals surface area contributed by atoms with Crippen molar-refractivity contribution >= 4 is 21.5 Å². The van der Waals surface area contributed by atoms with E-state index in [-0.39, 0.29) is 24.0 Å². The van der Waals surface area contributed by atoms with Crippen LogP contribution in [0.25, 0.3) is 0 Å². The number of aromatic nitrogens is 1. The molecule has 0 saturated heterocycles. The van der Waals surface area contributed by atoms with Gasteiger partial charge in [-0.1, -0.05) is 32.4 Å². The molecule has 1 aliphatic carbocycles. The van der Waals surface area contributed by atoms with Crippen molar-refractivity contribution in [2.75, 3.05) is 11.0 Å². The van der Waals surface area contributed by atoms with Crippen LogP contribution in [0.15, 0.2) is 30.3 Å². The lowest BCUT2D eigenvalue weighted by atomic mass is 9.86. The van der Waals surface area contributed by atoms with Gasteiger partial charge in [-0.25, -0.2) is 17.8 Å². The van der Waals surface area contributed by atoms with Crippen LogP contribution in [0.5, 0.6) is 5.88 Å². The summed E-state index contributed by atoms with van der Waals surface area (Å²) in [6.07, 6.45) is 7.50. The largest absolute Gasteiger partial charge is 0.474 e. The topological polar surface area (TPSA) is 85.4 Å². The molecule has 0 bridgehead atoms. The molecule has 1 aliphatic rings. The van der Waals surface area contributed by atoms with Gasteiger partial charge in [-0.05, 0) is 68.7 Å². The van der Waals surface area contributed by atoms with Crippen LogP contribution in [0.1, 0.15) is 75.1 Å². The Morgan fingerprint density at radius 3 is 2.53 bits per heavy atom. The third-order valence-electron chi connectivity index (χ3n) is 6.64. The minimum atomic E-state index is -3.59. The number of anilines is 1. The number of carbonyl (C=O) groups excluding carboxylic acids is 1. The van der Waals surface area contributed by atoms with Crippen LogP contribution in [0, 0.1) is 18.7 Å². The molecule has 0 amide bonds. The normalized spacial score (nSPS) is 19.4. The van der Waals surface area contributed by atoms with Gasteiger partial charge < -0.3 is 4.74 Å². The summed E-state index contributed by atoms with van der Waals surface area (Å²) in [5.41, 5.74) is 2.15. The van der Waals surface area contributed by atoms with Gasteiger partial charge >= 0.3 is 0 Å². The summed E-state index contributed by atoms with van der Waals surface area (Å²) >= 11 is 0. The van der Waals surface area contributed by atoms with Crippen molar-refractivity contribution in [3.63, 3.8) is 0 Å². The van der Waals surface area contributed by atoms with Crippen LogP contribution >= 0.6 is 0 Å². The van der Waals surface area contributed by atoms with Crippen molar-refractivity contribution in [3.05, 3.63) is 53.0 Å². The van der Waals surface area contributed by atoms with E-state index in [4.69, 9.17) is 4.74 Å². The Balaban J connectivity index is 1.63. The van der Waals surface area contributed by atoms with Crippen LogP contribution in [0.3, 0.4) is 0 Å². The van der Waals surface area contributed by atoms with Crippen molar-refractivity contribution in [1.82, 2.24) is 4.98 Å². The quantitative estimate of drug-likeness (QED) is 0.472. The standard InChI is InChI=1S/C26H35FN2O4S/c1-5-19-7-12-22(13-8-19)33-26-20(9-6-17(2)28-26)11-15-25(30)18(3)21-10-14-24(23(27)16-21)29-34(4,31)32/h6,9-10,14,16,18-19,22,29H,5,7-8,11-13,15H2,1-4H3. The first kappa shape index (κ1) is 26.1. The van der Waals surface area contributed by atoms with E-state index in [1.807, 2.05) is 19.1 Å². The molecule has 3 rings (SSSR count). The molecule has 8 heteroatoms. The highest BCUT2D eigenvalue weighted by Gasteiger charge is 2.23. The van der Waals surface area contributed by atoms with Gasteiger partial charge in [0, 0.05) is 23.6 Å². The van der Waals surface area contributed by atoms with Crippen molar-refractivity contribution in [2.45, 2.75) is 77.7 Å². The average molecular weight is 491 g/mol. The van der Waals surface area contributed by atoms with Crippen molar-refractivity contribution in [2.24, 2.45) is 5.92 Å². The fourth-order valence-corrected chi connectivity index (χ4v) is 4.98. The second-order valence-corrected chi connectivity index (χ2v) is 11.1. The van der Waals surface area contributed by atoms with E-state index >= 15 is 0 Å². The second kappa shape index (κ2) is 11.3. The summed E-state index contributed by atoms with van der Waals surface area (Å²) in [4.78, 5) is 17.5. The van der Waals surface area contributed by atoms with Crippen LogP contribution in [-0.4, -0.2) is 31.5 Å². The molecule has 1 saturated carbocycles. The molecule has 1 aromatic carbocycles. The Morgan fingerprint density at radius 2 is 1.91 bits per heavy atom. The number of halogens is 1. The molecule has 1 atom stereocenters. The lowest BCUT2D eigenvalue weighted by Crippen LogP contribution is -2.25. The summed E-state index contributed by atoms with van der Waals surface area (Å²) < 4.78 is 45.5. The van der Waals surface area contributed by atoms with E-state index in [9.17, 15) is 17.6 Å².